The zero-order chi connectivity index (χ0) is 32.7. The molecule has 12 heteroatoms. The molecule has 2 amide bonds. The van der Waals surface area contributed by atoms with Gasteiger partial charge in [0, 0.05) is 38.0 Å². The van der Waals surface area contributed by atoms with Gasteiger partial charge in [0.1, 0.15) is 11.5 Å². The van der Waals surface area contributed by atoms with Crippen LogP contribution in [0.1, 0.15) is 114 Å². The number of aromatic amines is 1. The van der Waals surface area contributed by atoms with Gasteiger partial charge in [0.15, 0.2) is 5.95 Å². The molecule has 0 saturated heterocycles. The van der Waals surface area contributed by atoms with Crippen molar-refractivity contribution in [1.82, 2.24) is 20.6 Å². The summed E-state index contributed by atoms with van der Waals surface area (Å²) in [4.78, 5) is 31.5. The number of anilines is 1. The van der Waals surface area contributed by atoms with Gasteiger partial charge in [-0.2, -0.15) is 0 Å². The van der Waals surface area contributed by atoms with Gasteiger partial charge in [0.05, 0.1) is 21.7 Å². The Labute approximate surface area is 285 Å². The number of aromatic nitrogens is 2. The molecule has 0 bridgehead atoms. The highest BCUT2D eigenvalue weighted by atomic mass is 79.9. The van der Waals surface area contributed by atoms with Crippen LogP contribution in [0.2, 0.25) is 0 Å². The average Bonchev–Trinajstić information content (AvgIpc) is 3.43. The van der Waals surface area contributed by atoms with Crippen molar-refractivity contribution in [3.63, 3.8) is 0 Å². The predicted octanol–water partition coefficient (Wildman–Crippen LogP) is 7.61. The third-order valence-corrected chi connectivity index (χ3v) is 8.72. The van der Waals surface area contributed by atoms with E-state index < -0.39 is 5.91 Å². The van der Waals surface area contributed by atoms with Crippen LogP contribution in [0.25, 0.3) is 0 Å². The summed E-state index contributed by atoms with van der Waals surface area (Å²) >= 11 is 7.07. The summed E-state index contributed by atoms with van der Waals surface area (Å²) < 4.78 is 7.34. The topological polar surface area (TPSA) is 155 Å². The normalized spacial score (nSPS) is 11.5. The molecule has 2 rings (SSSR count). The highest BCUT2D eigenvalue weighted by molar-refractivity contribution is 9.11. The minimum Gasteiger partial charge on any atom is -0.491 e. The molecule has 10 nitrogen and oxygen atoms in total. The van der Waals surface area contributed by atoms with Gasteiger partial charge in [-0.3, -0.25) is 9.59 Å². The molecule has 0 radical (unpaired) electrons. The molecule has 0 spiro atoms. The molecule has 0 saturated carbocycles. The number of hydrogen-bond donors (Lipinski definition) is 5. The van der Waals surface area contributed by atoms with Crippen molar-refractivity contribution in [3.05, 3.63) is 38.5 Å². The molecule has 0 atom stereocenters. The first-order valence-corrected chi connectivity index (χ1v) is 18.1. The summed E-state index contributed by atoms with van der Waals surface area (Å²) in [5, 5.41) is 18.4. The Morgan fingerprint density at radius 3 is 2.07 bits per heavy atom. The van der Waals surface area contributed by atoms with Gasteiger partial charge < -0.3 is 31.3 Å². The molecule has 0 fully saturated rings. The maximum atomic E-state index is 12.5. The van der Waals surface area contributed by atoms with Gasteiger partial charge in [0.2, 0.25) is 5.91 Å². The van der Waals surface area contributed by atoms with Crippen LogP contribution in [-0.2, 0) is 22.4 Å². The number of nitrogen functional groups attached to an aromatic ring is 1. The summed E-state index contributed by atoms with van der Waals surface area (Å²) in [6.07, 6.45) is 20.3. The lowest BCUT2D eigenvalue weighted by molar-refractivity contribution is -0.121. The second-order valence-corrected chi connectivity index (χ2v) is 13.2. The van der Waals surface area contributed by atoms with Gasteiger partial charge in [-0.15, -0.1) is 0 Å². The molecule has 2 aromatic rings. The Morgan fingerprint density at radius 1 is 0.911 bits per heavy atom. The lowest BCUT2D eigenvalue weighted by atomic mass is 10.0. The van der Waals surface area contributed by atoms with E-state index in [4.69, 9.17) is 10.5 Å². The van der Waals surface area contributed by atoms with Crippen LogP contribution in [0.15, 0.2) is 32.4 Å². The SMILES string of the molecule is CCCCCCCCCCCCCCCC(=O)NCCCOc1c(Br)cc(C/C(=N\O)C(=O)NCCc2cnc(N)[nH]2)cc1Br. The van der Waals surface area contributed by atoms with E-state index in [2.05, 4.69) is 64.5 Å². The van der Waals surface area contributed by atoms with Crippen molar-refractivity contribution in [2.45, 2.75) is 116 Å². The predicted molar refractivity (Wildman–Crippen MR) is 188 cm³/mol. The van der Waals surface area contributed by atoms with Gasteiger partial charge in [-0.25, -0.2) is 4.98 Å². The molecule has 0 aliphatic rings. The first-order valence-electron chi connectivity index (χ1n) is 16.5. The largest absolute Gasteiger partial charge is 0.491 e. The van der Waals surface area contributed by atoms with Gasteiger partial charge in [-0.05, 0) is 62.4 Å². The number of carbonyl (C=O) groups is 2. The lowest BCUT2D eigenvalue weighted by Gasteiger charge is -2.13. The number of carbonyl (C=O) groups excluding carboxylic acids is 2. The first-order chi connectivity index (χ1) is 21.8. The van der Waals surface area contributed by atoms with Crippen LogP contribution >= 0.6 is 31.9 Å². The van der Waals surface area contributed by atoms with Gasteiger partial charge in [0.25, 0.3) is 5.91 Å². The second kappa shape index (κ2) is 23.7. The summed E-state index contributed by atoms with van der Waals surface area (Å²) in [5.41, 5.74) is 7.10. The molecule has 45 heavy (non-hydrogen) atoms. The summed E-state index contributed by atoms with van der Waals surface area (Å²) in [6, 6.07) is 3.65. The maximum Gasteiger partial charge on any atom is 0.269 e. The van der Waals surface area contributed by atoms with Crippen LogP contribution in [-0.4, -0.2) is 52.4 Å². The number of ether oxygens (including phenoxy) is 1. The molecule has 6 N–H and O–H groups in total. The van der Waals surface area contributed by atoms with Crippen molar-refractivity contribution in [3.8, 4) is 5.75 Å². The number of halogens is 2. The Morgan fingerprint density at radius 2 is 1.51 bits per heavy atom. The standard InChI is InChI=1S/C33H52Br2N6O4/c1-2-3-4-5-6-7-8-9-10-11-12-13-14-16-30(42)37-18-15-20-45-31-27(34)21-25(22-28(31)35)23-29(41-44)32(43)38-19-17-26-24-39-33(36)40-26/h21-22,24,44H,2-20,23H2,1H3,(H,37,42)(H,38,43)(H3,36,39,40)/b41-29+. The number of nitrogens with zero attached hydrogens (tertiary/aromatic N) is 2. The molecule has 1 aromatic heterocycles. The van der Waals surface area contributed by atoms with Crippen molar-refractivity contribution in [2.24, 2.45) is 5.16 Å². The Hall–Kier alpha value is -2.60. The third-order valence-electron chi connectivity index (χ3n) is 7.54. The van der Waals surface area contributed by atoms with E-state index in [1.807, 2.05) is 12.1 Å². The summed E-state index contributed by atoms with van der Waals surface area (Å²) in [6.45, 7) is 3.59. The lowest BCUT2D eigenvalue weighted by Crippen LogP contribution is -2.33. The highest BCUT2D eigenvalue weighted by Gasteiger charge is 2.16. The van der Waals surface area contributed by atoms with Crippen LogP contribution in [0.4, 0.5) is 5.95 Å². The van der Waals surface area contributed by atoms with E-state index >= 15 is 0 Å². The number of benzene rings is 1. The number of hydrogen-bond acceptors (Lipinski definition) is 7. The van der Waals surface area contributed by atoms with Crippen molar-refractivity contribution >= 4 is 55.3 Å². The fourth-order valence-corrected chi connectivity index (χ4v) is 6.50. The molecular weight excluding hydrogens is 704 g/mol. The van der Waals surface area contributed by atoms with Crippen LogP contribution < -0.4 is 21.1 Å². The fourth-order valence-electron chi connectivity index (χ4n) is 4.99. The monoisotopic (exact) mass is 754 g/mol. The quantitative estimate of drug-likeness (QED) is 0.0304. The maximum absolute atomic E-state index is 12.5. The average molecular weight is 757 g/mol. The molecule has 252 valence electrons. The van der Waals surface area contributed by atoms with Crippen molar-refractivity contribution in [1.29, 1.82) is 0 Å². The van der Waals surface area contributed by atoms with E-state index in [1.54, 1.807) is 6.20 Å². The second-order valence-electron chi connectivity index (χ2n) is 11.5. The highest BCUT2D eigenvalue weighted by Crippen LogP contribution is 2.35. The molecular formula is C33H52Br2N6O4. The third kappa shape index (κ3) is 17.0. The van der Waals surface area contributed by atoms with Crippen LogP contribution in [0, 0.1) is 0 Å². The van der Waals surface area contributed by atoms with Crippen molar-refractivity contribution in [2.75, 3.05) is 25.4 Å². The van der Waals surface area contributed by atoms with Crippen LogP contribution in [0.3, 0.4) is 0 Å². The minimum absolute atomic E-state index is 0.0128. The fraction of sp³-hybridized carbons (Fsp3) is 0.636. The number of H-pyrrole nitrogens is 1. The minimum atomic E-state index is -0.464. The van der Waals surface area contributed by atoms with E-state index in [0.29, 0.717) is 59.6 Å². The molecule has 1 aromatic carbocycles. The number of unbranched alkanes of at least 4 members (excludes halogenated alkanes) is 12. The number of oxime groups is 1. The van der Waals surface area contributed by atoms with Gasteiger partial charge >= 0.3 is 0 Å². The van der Waals surface area contributed by atoms with Gasteiger partial charge in [-0.1, -0.05) is 89.1 Å². The number of nitrogens with two attached hydrogens (primary N) is 1. The van der Waals surface area contributed by atoms with Crippen molar-refractivity contribution < 1.29 is 19.5 Å². The van der Waals surface area contributed by atoms with E-state index in [0.717, 1.165) is 24.1 Å². The number of amides is 2. The number of imidazole rings is 1. The summed E-state index contributed by atoms with van der Waals surface area (Å²) in [5.74, 6) is 0.581. The zero-order valence-electron chi connectivity index (χ0n) is 26.8. The molecule has 0 aliphatic carbocycles. The van der Waals surface area contributed by atoms with E-state index in [-0.39, 0.29) is 18.0 Å². The Kier molecular flexibility index (Phi) is 20.3. The molecule has 0 unspecified atom stereocenters. The van der Waals surface area contributed by atoms with E-state index in [1.165, 1.54) is 70.6 Å². The van der Waals surface area contributed by atoms with Crippen LogP contribution in [0.5, 0.6) is 5.75 Å². The molecule has 0 aliphatic heterocycles. The smallest absolute Gasteiger partial charge is 0.269 e. The number of rotatable bonds is 25. The Balaban J connectivity index is 1.55. The number of nitrogens with one attached hydrogen (secondary N) is 3. The zero-order valence-corrected chi connectivity index (χ0v) is 29.9. The Bertz CT molecular complexity index is 1150. The summed E-state index contributed by atoms with van der Waals surface area (Å²) in [7, 11) is 0. The van der Waals surface area contributed by atoms with E-state index in [9.17, 15) is 14.8 Å². The first kappa shape index (κ1) is 38.6. The molecule has 1 heterocycles.